The van der Waals surface area contributed by atoms with Gasteiger partial charge in [-0.3, -0.25) is 14.6 Å². The molecule has 3 rings (SSSR count). The predicted molar refractivity (Wildman–Crippen MR) is 108 cm³/mol. The minimum atomic E-state index is -0.470. The summed E-state index contributed by atoms with van der Waals surface area (Å²) in [4.78, 5) is 28.7. The molecule has 0 bridgehead atoms. The lowest BCUT2D eigenvalue weighted by Crippen LogP contribution is -2.28. The Balaban J connectivity index is 1.51. The molecule has 2 amide bonds. The third-order valence-electron chi connectivity index (χ3n) is 3.84. The minimum absolute atomic E-state index is 0.0913. The number of nitrogens with one attached hydrogen (secondary N) is 2. The molecular weight excluding hydrogens is 362 g/mol. The molecule has 1 atom stereocenters. The number of rotatable bonds is 7. The van der Waals surface area contributed by atoms with Crippen molar-refractivity contribution in [3.63, 3.8) is 0 Å². The van der Waals surface area contributed by atoms with Crippen molar-refractivity contribution in [1.29, 1.82) is 0 Å². The van der Waals surface area contributed by atoms with Gasteiger partial charge in [-0.2, -0.15) is 0 Å². The number of hydrogen-bond donors (Lipinski definition) is 2. The van der Waals surface area contributed by atoms with E-state index < -0.39 is 5.25 Å². The Morgan fingerprint density at radius 2 is 1.93 bits per heavy atom. The van der Waals surface area contributed by atoms with Crippen molar-refractivity contribution in [1.82, 2.24) is 5.32 Å². The van der Waals surface area contributed by atoms with Crippen molar-refractivity contribution in [3.05, 3.63) is 60.2 Å². The van der Waals surface area contributed by atoms with Crippen molar-refractivity contribution in [2.75, 3.05) is 11.9 Å². The van der Waals surface area contributed by atoms with Gasteiger partial charge in [0.25, 0.3) is 0 Å². The number of thioether (sulfide) groups is 1. The molecule has 7 heteroatoms. The number of nitrogens with zero attached hydrogens (tertiary/aromatic N) is 1. The molecule has 2 N–H and O–H groups in total. The lowest BCUT2D eigenvalue weighted by molar-refractivity contribution is -0.122. The molecule has 0 unspecified atom stereocenters. The molecule has 0 saturated carbocycles. The van der Waals surface area contributed by atoms with Crippen LogP contribution in [-0.2, 0) is 16.1 Å². The number of carbonyl (C=O) groups is 2. The van der Waals surface area contributed by atoms with Crippen LogP contribution in [0.1, 0.15) is 18.9 Å². The first-order valence-corrected chi connectivity index (χ1v) is 9.60. The average Bonchev–Trinajstić information content (AvgIpc) is 3.02. The van der Waals surface area contributed by atoms with Crippen LogP contribution >= 0.6 is 11.8 Å². The van der Waals surface area contributed by atoms with Crippen molar-refractivity contribution < 1.29 is 14.3 Å². The molecule has 1 aliphatic rings. The maximum atomic E-state index is 12.2. The van der Waals surface area contributed by atoms with E-state index in [1.54, 1.807) is 24.3 Å². The van der Waals surface area contributed by atoms with Gasteiger partial charge in [-0.15, -0.1) is 0 Å². The third kappa shape index (κ3) is 5.59. The van der Waals surface area contributed by atoms with Gasteiger partial charge in [0.2, 0.25) is 11.8 Å². The van der Waals surface area contributed by atoms with Gasteiger partial charge >= 0.3 is 0 Å². The van der Waals surface area contributed by atoms with E-state index in [9.17, 15) is 9.59 Å². The van der Waals surface area contributed by atoms with E-state index in [0.29, 0.717) is 24.0 Å². The topological polar surface area (TPSA) is 79.8 Å². The van der Waals surface area contributed by atoms with Gasteiger partial charge in [0.1, 0.15) is 11.0 Å². The van der Waals surface area contributed by atoms with E-state index in [-0.39, 0.29) is 18.2 Å². The number of amidine groups is 1. The Morgan fingerprint density at radius 3 is 2.63 bits per heavy atom. The molecule has 6 nitrogen and oxygen atoms in total. The summed E-state index contributed by atoms with van der Waals surface area (Å²) in [6.45, 7) is 3.00. The summed E-state index contributed by atoms with van der Waals surface area (Å²) in [6.07, 6.45) is 0.0913. The molecule has 0 aliphatic carbocycles. The van der Waals surface area contributed by atoms with Gasteiger partial charge in [-0.25, -0.2) is 0 Å². The first-order chi connectivity index (χ1) is 13.1. The third-order valence-corrected chi connectivity index (χ3v) is 4.96. The number of carbonyl (C=O) groups excluding carboxylic acids is 2. The molecule has 140 valence electrons. The highest BCUT2D eigenvalue weighted by molar-refractivity contribution is 8.15. The van der Waals surface area contributed by atoms with Gasteiger partial charge in [0.05, 0.1) is 13.2 Å². The normalized spacial score (nSPS) is 17.6. The van der Waals surface area contributed by atoms with Crippen LogP contribution in [0.2, 0.25) is 0 Å². The van der Waals surface area contributed by atoms with Crippen molar-refractivity contribution in [3.8, 4) is 5.75 Å². The number of amides is 2. The summed E-state index contributed by atoms with van der Waals surface area (Å²) in [6, 6.07) is 16.9. The molecule has 1 heterocycles. The molecular formula is C20H21N3O3S. The van der Waals surface area contributed by atoms with E-state index in [1.807, 2.05) is 37.3 Å². The zero-order chi connectivity index (χ0) is 19.1. The summed E-state index contributed by atoms with van der Waals surface area (Å²) in [5, 5.41) is 5.63. The van der Waals surface area contributed by atoms with Crippen molar-refractivity contribution in [2.24, 2.45) is 4.99 Å². The Labute approximate surface area is 162 Å². The van der Waals surface area contributed by atoms with Gasteiger partial charge in [0.15, 0.2) is 5.17 Å². The lowest BCUT2D eigenvalue weighted by atomic mass is 10.2. The SMILES string of the molecule is CCOc1ccc(NC(=O)C[C@@H]2SC(=NCc3ccccc3)NC2=O)cc1. The van der Waals surface area contributed by atoms with E-state index in [1.165, 1.54) is 11.8 Å². The fourth-order valence-electron chi connectivity index (χ4n) is 2.54. The van der Waals surface area contributed by atoms with Crippen molar-refractivity contribution >= 4 is 34.4 Å². The second-order valence-corrected chi connectivity index (χ2v) is 7.10. The van der Waals surface area contributed by atoms with Crippen LogP contribution in [0, 0.1) is 0 Å². The first kappa shape index (κ1) is 19.0. The molecule has 2 aromatic rings. The summed E-state index contributed by atoms with van der Waals surface area (Å²) >= 11 is 1.29. The number of benzene rings is 2. The van der Waals surface area contributed by atoms with Gasteiger partial charge < -0.3 is 15.4 Å². The highest BCUT2D eigenvalue weighted by atomic mass is 32.2. The number of aliphatic imine (C=N–C) groups is 1. The maximum Gasteiger partial charge on any atom is 0.240 e. The summed E-state index contributed by atoms with van der Waals surface area (Å²) in [7, 11) is 0. The van der Waals surface area contributed by atoms with Gasteiger partial charge in [-0.05, 0) is 36.8 Å². The van der Waals surface area contributed by atoms with E-state index >= 15 is 0 Å². The summed E-state index contributed by atoms with van der Waals surface area (Å²) in [5.41, 5.74) is 1.74. The molecule has 1 fully saturated rings. The van der Waals surface area contributed by atoms with Crippen LogP contribution in [0.3, 0.4) is 0 Å². The van der Waals surface area contributed by atoms with Crippen molar-refractivity contribution in [2.45, 2.75) is 25.1 Å². The molecule has 0 spiro atoms. The van der Waals surface area contributed by atoms with Crippen LogP contribution in [0.15, 0.2) is 59.6 Å². The number of hydrogen-bond acceptors (Lipinski definition) is 5. The lowest BCUT2D eigenvalue weighted by Gasteiger charge is -2.08. The molecule has 0 radical (unpaired) electrons. The Kier molecular flexibility index (Phi) is 6.49. The van der Waals surface area contributed by atoms with Gasteiger partial charge in [-0.1, -0.05) is 42.1 Å². The molecule has 0 aromatic heterocycles. The largest absolute Gasteiger partial charge is 0.494 e. The predicted octanol–water partition coefficient (Wildman–Crippen LogP) is 3.20. The van der Waals surface area contributed by atoms with Gasteiger partial charge in [0, 0.05) is 12.1 Å². The van der Waals surface area contributed by atoms with E-state index in [2.05, 4.69) is 15.6 Å². The highest BCUT2D eigenvalue weighted by Crippen LogP contribution is 2.24. The fraction of sp³-hybridized carbons (Fsp3) is 0.250. The van der Waals surface area contributed by atoms with Crippen LogP contribution in [0.25, 0.3) is 0 Å². The molecule has 2 aromatic carbocycles. The monoisotopic (exact) mass is 383 g/mol. The first-order valence-electron chi connectivity index (χ1n) is 8.72. The number of anilines is 1. The van der Waals surface area contributed by atoms with Crippen LogP contribution < -0.4 is 15.4 Å². The standard InChI is InChI=1S/C20H21N3O3S/c1-2-26-16-10-8-15(9-11-16)22-18(24)12-17-19(25)23-20(27-17)21-13-14-6-4-3-5-7-14/h3-11,17H,2,12-13H2,1H3,(H,22,24)(H,21,23,25)/t17-/m0/s1. The summed E-state index contributed by atoms with van der Waals surface area (Å²) in [5.74, 6) is 0.352. The Bertz CT molecular complexity index is 822. The Morgan fingerprint density at radius 1 is 1.19 bits per heavy atom. The second kappa shape index (κ2) is 9.23. The molecule has 1 aliphatic heterocycles. The molecule has 1 saturated heterocycles. The number of ether oxygens (including phenoxy) is 1. The quantitative estimate of drug-likeness (QED) is 0.769. The average molecular weight is 383 g/mol. The zero-order valence-corrected chi connectivity index (χ0v) is 15.8. The Hall–Kier alpha value is -2.80. The van der Waals surface area contributed by atoms with Crippen LogP contribution in [-0.4, -0.2) is 28.8 Å². The zero-order valence-electron chi connectivity index (χ0n) is 15.0. The summed E-state index contributed by atoms with van der Waals surface area (Å²) < 4.78 is 5.37. The van der Waals surface area contributed by atoms with Crippen LogP contribution in [0.5, 0.6) is 5.75 Å². The molecule has 27 heavy (non-hydrogen) atoms. The second-order valence-electron chi connectivity index (χ2n) is 5.91. The fourth-order valence-corrected chi connectivity index (χ4v) is 3.51. The smallest absolute Gasteiger partial charge is 0.240 e. The van der Waals surface area contributed by atoms with E-state index in [4.69, 9.17) is 4.74 Å². The van der Waals surface area contributed by atoms with Crippen LogP contribution in [0.4, 0.5) is 5.69 Å². The minimum Gasteiger partial charge on any atom is -0.494 e. The maximum absolute atomic E-state index is 12.2. The van der Waals surface area contributed by atoms with E-state index in [0.717, 1.165) is 11.3 Å². The highest BCUT2D eigenvalue weighted by Gasteiger charge is 2.31.